The third kappa shape index (κ3) is 1.55. The van der Waals surface area contributed by atoms with Crippen LogP contribution in [0.25, 0.3) is 33.0 Å². The van der Waals surface area contributed by atoms with Gasteiger partial charge in [0.25, 0.3) is 0 Å². The van der Waals surface area contributed by atoms with E-state index in [4.69, 9.17) is 0 Å². The van der Waals surface area contributed by atoms with Gasteiger partial charge in [-0.15, -0.1) is 0 Å². The fraction of sp³-hybridized carbons (Fsp3) is 0.0435. The highest BCUT2D eigenvalue weighted by Gasteiger charge is 2.27. The lowest BCUT2D eigenvalue weighted by atomic mass is 9.94. The largest absolute Gasteiger partial charge is 0.0884 e. The summed E-state index contributed by atoms with van der Waals surface area (Å²) in [7, 11) is 0. The van der Waals surface area contributed by atoms with Crippen molar-refractivity contribution in [1.82, 2.24) is 0 Å². The molecule has 0 N–H and O–H groups in total. The molecule has 0 radical (unpaired) electrons. The monoisotopic (exact) mass is 322 g/mol. The Balaban J connectivity index is 1.69. The van der Waals surface area contributed by atoms with E-state index in [0.717, 1.165) is 6.42 Å². The van der Waals surface area contributed by atoms with E-state index < -0.39 is 0 Å². The molecule has 0 unspecified atom stereocenters. The summed E-state index contributed by atoms with van der Waals surface area (Å²) in [5.41, 5.74) is 8.58. The first kappa shape index (κ1) is 12.9. The van der Waals surface area contributed by atoms with Crippen LogP contribution in [0.1, 0.15) is 11.1 Å². The first-order valence-corrected chi connectivity index (χ1v) is 9.16. The van der Waals surface area contributed by atoms with Gasteiger partial charge < -0.3 is 0 Å². The van der Waals surface area contributed by atoms with E-state index in [9.17, 15) is 0 Å². The number of benzene rings is 4. The molecule has 1 aliphatic heterocycles. The lowest BCUT2D eigenvalue weighted by molar-refractivity contribution is 1.18. The maximum atomic E-state index is 2.33. The molecule has 112 valence electrons. The molecule has 0 fully saturated rings. The van der Waals surface area contributed by atoms with Gasteiger partial charge >= 0.3 is 0 Å². The summed E-state index contributed by atoms with van der Waals surface area (Å²) in [6.45, 7) is 0. The summed E-state index contributed by atoms with van der Waals surface area (Å²) in [5.74, 6) is 0. The number of hydrogen-bond acceptors (Lipinski definition) is 1. The van der Waals surface area contributed by atoms with Gasteiger partial charge in [-0.05, 0) is 51.3 Å². The Morgan fingerprint density at radius 1 is 0.625 bits per heavy atom. The molecule has 0 spiro atoms. The van der Waals surface area contributed by atoms with Crippen LogP contribution in [0.2, 0.25) is 0 Å². The van der Waals surface area contributed by atoms with Crippen LogP contribution in [0.4, 0.5) is 0 Å². The van der Waals surface area contributed by atoms with E-state index >= 15 is 0 Å². The third-order valence-corrected chi connectivity index (χ3v) is 6.53. The minimum atomic E-state index is 1.06. The van der Waals surface area contributed by atoms with Gasteiger partial charge in [-0.2, -0.15) is 0 Å². The fourth-order valence-corrected chi connectivity index (χ4v) is 5.53. The van der Waals surface area contributed by atoms with E-state index in [1.165, 1.54) is 53.9 Å². The predicted octanol–water partition coefficient (Wildman–Crippen LogP) is 6.54. The highest BCUT2D eigenvalue weighted by atomic mass is 32.2. The molecular formula is C23H14S. The zero-order valence-electron chi connectivity index (χ0n) is 13.0. The SMILES string of the molecule is c1ccc2c(c1)Cc1c-2ccc2c1Sc1cccc3cccc-2c13. The van der Waals surface area contributed by atoms with Crippen molar-refractivity contribution < 1.29 is 0 Å². The highest BCUT2D eigenvalue weighted by Crippen LogP contribution is 2.52. The first-order valence-electron chi connectivity index (χ1n) is 8.34. The summed E-state index contributed by atoms with van der Waals surface area (Å²) in [6.07, 6.45) is 1.06. The van der Waals surface area contributed by atoms with Crippen molar-refractivity contribution in [2.45, 2.75) is 16.2 Å². The molecule has 6 rings (SSSR count). The van der Waals surface area contributed by atoms with E-state index in [1.54, 1.807) is 0 Å². The van der Waals surface area contributed by atoms with Crippen molar-refractivity contribution >= 4 is 22.5 Å². The molecule has 1 heteroatoms. The average Bonchev–Trinajstić information content (AvgIpc) is 3.01. The second kappa shape index (κ2) is 4.52. The van der Waals surface area contributed by atoms with Gasteiger partial charge in [0.1, 0.15) is 0 Å². The van der Waals surface area contributed by atoms with Gasteiger partial charge in [0.15, 0.2) is 0 Å². The van der Waals surface area contributed by atoms with E-state index in [1.807, 2.05) is 11.8 Å². The van der Waals surface area contributed by atoms with Gasteiger partial charge in [-0.1, -0.05) is 78.5 Å². The summed E-state index contributed by atoms with van der Waals surface area (Å²) >= 11 is 1.95. The molecule has 0 bridgehead atoms. The zero-order valence-corrected chi connectivity index (χ0v) is 13.9. The smallest absolute Gasteiger partial charge is 0.0242 e. The molecule has 0 amide bonds. The second-order valence-corrected chi connectivity index (χ2v) is 7.62. The normalized spacial score (nSPS) is 13.5. The van der Waals surface area contributed by atoms with Crippen LogP contribution in [0, 0.1) is 0 Å². The molecule has 4 aromatic rings. The summed E-state index contributed by atoms with van der Waals surface area (Å²) in [4.78, 5) is 2.84. The zero-order chi connectivity index (χ0) is 15.7. The maximum absolute atomic E-state index is 2.33. The average molecular weight is 322 g/mol. The number of fused-ring (bicyclic) bond motifs is 6. The molecule has 1 heterocycles. The van der Waals surface area contributed by atoms with Gasteiger partial charge in [0.05, 0.1) is 0 Å². The molecule has 0 aromatic heterocycles. The van der Waals surface area contributed by atoms with E-state index in [0.29, 0.717) is 0 Å². The Kier molecular flexibility index (Phi) is 2.42. The molecule has 0 saturated heterocycles. The van der Waals surface area contributed by atoms with Crippen molar-refractivity contribution in [2.75, 3.05) is 0 Å². The number of hydrogen-bond donors (Lipinski definition) is 0. The van der Waals surface area contributed by atoms with Crippen LogP contribution in [0.15, 0.2) is 82.6 Å². The van der Waals surface area contributed by atoms with Crippen molar-refractivity contribution in [3.05, 3.63) is 83.9 Å². The minimum Gasteiger partial charge on any atom is -0.0884 e. The molecule has 0 saturated carbocycles. The van der Waals surface area contributed by atoms with Crippen LogP contribution >= 0.6 is 11.8 Å². The Bertz CT molecular complexity index is 1150. The van der Waals surface area contributed by atoms with Crippen LogP contribution in [0.5, 0.6) is 0 Å². The number of rotatable bonds is 0. The molecule has 0 atom stereocenters. The van der Waals surface area contributed by atoms with Gasteiger partial charge in [-0.3, -0.25) is 0 Å². The Labute approximate surface area is 145 Å². The summed E-state index contributed by atoms with van der Waals surface area (Å²) in [5, 5.41) is 2.75. The summed E-state index contributed by atoms with van der Waals surface area (Å²) in [6, 6.07) is 26.8. The quantitative estimate of drug-likeness (QED) is 0.306. The second-order valence-electron chi connectivity index (χ2n) is 6.56. The molecule has 1 aliphatic carbocycles. The Hall–Kier alpha value is -2.51. The van der Waals surface area contributed by atoms with Gasteiger partial charge in [0, 0.05) is 15.2 Å². The van der Waals surface area contributed by atoms with Crippen molar-refractivity contribution in [1.29, 1.82) is 0 Å². The van der Waals surface area contributed by atoms with Crippen LogP contribution in [-0.2, 0) is 6.42 Å². The third-order valence-electron chi connectivity index (χ3n) is 5.30. The molecule has 24 heavy (non-hydrogen) atoms. The fourth-order valence-electron chi connectivity index (χ4n) is 4.24. The summed E-state index contributed by atoms with van der Waals surface area (Å²) < 4.78 is 0. The van der Waals surface area contributed by atoms with Gasteiger partial charge in [-0.25, -0.2) is 0 Å². The predicted molar refractivity (Wildman–Crippen MR) is 102 cm³/mol. The van der Waals surface area contributed by atoms with E-state index in [2.05, 4.69) is 72.8 Å². The van der Waals surface area contributed by atoms with Crippen LogP contribution in [0.3, 0.4) is 0 Å². The molecular weight excluding hydrogens is 308 g/mol. The van der Waals surface area contributed by atoms with Crippen LogP contribution in [-0.4, -0.2) is 0 Å². The maximum Gasteiger partial charge on any atom is 0.0242 e. The van der Waals surface area contributed by atoms with Crippen molar-refractivity contribution in [3.8, 4) is 22.3 Å². The lowest BCUT2D eigenvalue weighted by Gasteiger charge is -2.22. The minimum absolute atomic E-state index is 1.06. The van der Waals surface area contributed by atoms with Crippen molar-refractivity contribution in [2.24, 2.45) is 0 Å². The van der Waals surface area contributed by atoms with Crippen LogP contribution < -0.4 is 0 Å². The molecule has 2 aliphatic rings. The standard InChI is InChI=1S/C23H14S/c1-2-8-16-15(5-1)13-20-17(16)11-12-19-18-9-3-6-14-7-4-10-21(22(14)18)24-23(19)20/h1-12H,13H2. The van der Waals surface area contributed by atoms with Gasteiger partial charge in [0.2, 0.25) is 0 Å². The Morgan fingerprint density at radius 2 is 1.42 bits per heavy atom. The van der Waals surface area contributed by atoms with E-state index in [-0.39, 0.29) is 0 Å². The van der Waals surface area contributed by atoms with Crippen molar-refractivity contribution in [3.63, 3.8) is 0 Å². The Morgan fingerprint density at radius 3 is 2.38 bits per heavy atom. The topological polar surface area (TPSA) is 0 Å². The first-order chi connectivity index (χ1) is 11.9. The lowest BCUT2D eigenvalue weighted by Crippen LogP contribution is -1.96. The highest BCUT2D eigenvalue weighted by molar-refractivity contribution is 7.99. The molecule has 4 aromatic carbocycles. The molecule has 0 nitrogen and oxygen atoms in total.